The van der Waals surface area contributed by atoms with E-state index in [1.807, 2.05) is 33.8 Å². The number of benzene rings is 2. The number of nitrogens with zero attached hydrogens (tertiary/aromatic N) is 1. The number of aliphatic hydroxyl groups is 1. The summed E-state index contributed by atoms with van der Waals surface area (Å²) < 4.78 is 21.0. The fourth-order valence-electron chi connectivity index (χ4n) is 4.84. The van der Waals surface area contributed by atoms with E-state index in [1.165, 1.54) is 17.0 Å². The molecule has 1 atom stereocenters. The van der Waals surface area contributed by atoms with Crippen molar-refractivity contribution >= 4 is 28.7 Å². The molecule has 3 aromatic carbocycles. The molecule has 3 N–H and O–H groups in total. The summed E-state index contributed by atoms with van der Waals surface area (Å²) >= 11 is 0. The van der Waals surface area contributed by atoms with Crippen molar-refractivity contribution in [2.24, 2.45) is 5.41 Å². The predicted octanol–water partition coefficient (Wildman–Crippen LogP) is 4.92. The Hall–Kier alpha value is -4.24. The van der Waals surface area contributed by atoms with Gasteiger partial charge in [0.1, 0.15) is 28.7 Å². The first kappa shape index (κ1) is 25.4. The number of hydrogen-bond acceptors (Lipinski definition) is 7. The predicted molar refractivity (Wildman–Crippen MR) is 143 cm³/mol. The molecule has 0 spiro atoms. The van der Waals surface area contributed by atoms with Crippen molar-refractivity contribution in [1.82, 2.24) is 0 Å². The van der Waals surface area contributed by atoms with Gasteiger partial charge in [0, 0.05) is 11.3 Å². The van der Waals surface area contributed by atoms with Crippen LogP contribution >= 0.6 is 0 Å². The Bertz CT molecular complexity index is 1620. The molecule has 0 saturated carbocycles. The second-order valence-corrected chi connectivity index (χ2v) is 10.6. The molecule has 0 radical (unpaired) electrons. The summed E-state index contributed by atoms with van der Waals surface area (Å²) in [5, 5.41) is 15.6. The van der Waals surface area contributed by atoms with Crippen LogP contribution < -0.4 is 26.4 Å². The molecule has 1 aromatic heterocycles. The van der Waals surface area contributed by atoms with E-state index >= 15 is 4.39 Å². The van der Waals surface area contributed by atoms with E-state index in [9.17, 15) is 19.5 Å². The molecule has 1 aliphatic heterocycles. The van der Waals surface area contributed by atoms with E-state index < -0.39 is 34.0 Å². The highest BCUT2D eigenvalue weighted by molar-refractivity contribution is 6.14. The quantitative estimate of drug-likeness (QED) is 0.298. The van der Waals surface area contributed by atoms with Gasteiger partial charge in [-0.05, 0) is 42.2 Å². The molecule has 1 aliphatic rings. The number of aliphatic hydroxyl groups excluding tert-OH is 1. The van der Waals surface area contributed by atoms with E-state index in [-0.39, 0.29) is 35.8 Å². The van der Waals surface area contributed by atoms with Crippen molar-refractivity contribution in [1.29, 1.82) is 0 Å². The van der Waals surface area contributed by atoms with E-state index in [1.54, 1.807) is 30.3 Å². The number of nitrogens with one attached hydrogen (secondary N) is 2. The number of furan rings is 1. The number of para-hydroxylation sites is 1. The zero-order chi connectivity index (χ0) is 27.4. The van der Waals surface area contributed by atoms with Gasteiger partial charge in [0.2, 0.25) is 0 Å². The summed E-state index contributed by atoms with van der Waals surface area (Å²) in [4.78, 5) is 40.2. The third kappa shape index (κ3) is 4.18. The number of amides is 1. The first-order valence-electron chi connectivity index (χ1n) is 12.3. The first-order valence-corrected chi connectivity index (χ1v) is 12.3. The van der Waals surface area contributed by atoms with Crippen LogP contribution in [0, 0.1) is 18.2 Å². The number of rotatable bonds is 7. The number of carbonyl (C=O) groups is 1. The molecule has 4 aromatic rings. The van der Waals surface area contributed by atoms with Gasteiger partial charge in [-0.15, -0.1) is 0 Å². The summed E-state index contributed by atoms with van der Waals surface area (Å²) in [6.07, 6.45) is 0. The lowest BCUT2D eigenvalue weighted by Crippen LogP contribution is -2.39. The first-order chi connectivity index (χ1) is 18.0. The molecule has 0 unspecified atom stereocenters. The smallest absolute Gasteiger partial charge is 0.261 e. The largest absolute Gasteiger partial charge is 0.464 e. The SMILES string of the molecule is Cc1ccc([C@H](Nc2c(Nc3c(F)ccc4c3C(=O)N(c3ccccc3CO)C4)c(=O)c2=O)C(C)(C)C)o1. The van der Waals surface area contributed by atoms with Gasteiger partial charge in [0.15, 0.2) is 0 Å². The number of hydrogen-bond donors (Lipinski definition) is 3. The molecule has 5 rings (SSSR count). The molecule has 0 fully saturated rings. The number of aryl methyl sites for hydroxylation is 1. The Kier molecular flexibility index (Phi) is 6.19. The molecule has 0 bridgehead atoms. The van der Waals surface area contributed by atoms with Crippen LogP contribution in [0.2, 0.25) is 0 Å². The Morgan fingerprint density at radius 1 is 1.00 bits per heavy atom. The average Bonchev–Trinajstić information content (AvgIpc) is 3.46. The van der Waals surface area contributed by atoms with Crippen molar-refractivity contribution in [2.45, 2.75) is 46.9 Å². The van der Waals surface area contributed by atoms with Gasteiger partial charge in [-0.2, -0.15) is 0 Å². The van der Waals surface area contributed by atoms with Crippen LogP contribution in [0.15, 0.2) is 62.5 Å². The van der Waals surface area contributed by atoms with Crippen molar-refractivity contribution in [3.63, 3.8) is 0 Å². The maximum Gasteiger partial charge on any atom is 0.261 e. The zero-order valence-corrected chi connectivity index (χ0v) is 21.5. The lowest BCUT2D eigenvalue weighted by atomic mass is 9.85. The van der Waals surface area contributed by atoms with Crippen LogP contribution in [0.5, 0.6) is 0 Å². The standard InChI is InChI=1S/C29H28FN3O5/c1-15-9-12-20(38-15)27(29(2,3)4)32-24-23(25(35)26(24)36)31-22-18(30)11-10-16-13-33(28(37)21(16)22)19-8-6-5-7-17(19)14-34/h5-12,27,31-32,34H,13-14H2,1-4H3/t27-/m0/s1. The second kappa shape index (κ2) is 9.25. The molecule has 196 valence electrons. The Balaban J connectivity index is 1.51. The Morgan fingerprint density at radius 3 is 2.37 bits per heavy atom. The van der Waals surface area contributed by atoms with Gasteiger partial charge in [-0.1, -0.05) is 45.0 Å². The normalized spacial score (nSPS) is 14.2. The molecule has 38 heavy (non-hydrogen) atoms. The van der Waals surface area contributed by atoms with Crippen LogP contribution in [0.1, 0.15) is 59.8 Å². The summed E-state index contributed by atoms with van der Waals surface area (Å²) in [5.41, 5.74) is -0.520. The highest BCUT2D eigenvalue weighted by atomic mass is 19.1. The van der Waals surface area contributed by atoms with Crippen molar-refractivity contribution < 1.29 is 18.7 Å². The zero-order valence-electron chi connectivity index (χ0n) is 21.5. The van der Waals surface area contributed by atoms with E-state index in [4.69, 9.17) is 4.42 Å². The molecule has 0 aliphatic carbocycles. The summed E-state index contributed by atoms with van der Waals surface area (Å²) in [5.74, 6) is 0.0819. The topological polar surface area (TPSA) is 112 Å². The molecule has 9 heteroatoms. The van der Waals surface area contributed by atoms with Gasteiger partial charge in [0.05, 0.1) is 30.4 Å². The monoisotopic (exact) mass is 517 g/mol. The average molecular weight is 518 g/mol. The Morgan fingerprint density at radius 2 is 1.71 bits per heavy atom. The van der Waals surface area contributed by atoms with E-state index in [0.717, 1.165) is 0 Å². The highest BCUT2D eigenvalue weighted by Crippen LogP contribution is 2.40. The number of carbonyl (C=O) groups excluding carboxylic acids is 1. The number of anilines is 4. The summed E-state index contributed by atoms with van der Waals surface area (Å²) in [7, 11) is 0. The van der Waals surface area contributed by atoms with Crippen LogP contribution in [-0.4, -0.2) is 11.0 Å². The maximum atomic E-state index is 15.2. The molecular weight excluding hydrogens is 489 g/mol. The fourth-order valence-corrected chi connectivity index (χ4v) is 4.84. The van der Waals surface area contributed by atoms with Gasteiger partial charge >= 0.3 is 0 Å². The fraction of sp³-hybridized carbons (Fsp3) is 0.276. The van der Waals surface area contributed by atoms with Gasteiger partial charge < -0.3 is 25.1 Å². The van der Waals surface area contributed by atoms with Crippen molar-refractivity contribution in [3.05, 3.63) is 103 Å². The van der Waals surface area contributed by atoms with Crippen LogP contribution in [0.3, 0.4) is 0 Å². The molecule has 2 heterocycles. The van der Waals surface area contributed by atoms with Gasteiger partial charge in [-0.25, -0.2) is 4.39 Å². The summed E-state index contributed by atoms with van der Waals surface area (Å²) in [6, 6.07) is 12.8. The summed E-state index contributed by atoms with van der Waals surface area (Å²) in [6.45, 7) is 7.60. The Labute approximate surface area is 218 Å². The van der Waals surface area contributed by atoms with Crippen LogP contribution in [-0.2, 0) is 13.2 Å². The third-order valence-electron chi connectivity index (χ3n) is 6.84. The molecule has 1 amide bonds. The second-order valence-electron chi connectivity index (χ2n) is 10.6. The molecular formula is C29H28FN3O5. The molecule has 8 nitrogen and oxygen atoms in total. The van der Waals surface area contributed by atoms with E-state index in [0.29, 0.717) is 28.3 Å². The number of fused-ring (bicyclic) bond motifs is 1. The maximum absolute atomic E-state index is 15.2. The minimum Gasteiger partial charge on any atom is -0.464 e. The van der Waals surface area contributed by atoms with Gasteiger partial charge in [0.25, 0.3) is 16.8 Å². The van der Waals surface area contributed by atoms with Crippen molar-refractivity contribution in [3.8, 4) is 0 Å². The molecule has 0 saturated heterocycles. The van der Waals surface area contributed by atoms with Crippen LogP contribution in [0.4, 0.5) is 27.1 Å². The minimum atomic E-state index is -0.805. The minimum absolute atomic E-state index is 0.00825. The highest BCUT2D eigenvalue weighted by Gasteiger charge is 2.36. The van der Waals surface area contributed by atoms with Crippen LogP contribution in [0.25, 0.3) is 0 Å². The van der Waals surface area contributed by atoms with Crippen molar-refractivity contribution in [2.75, 3.05) is 15.5 Å². The lowest BCUT2D eigenvalue weighted by molar-refractivity contribution is 0.0996. The third-order valence-corrected chi connectivity index (χ3v) is 6.84. The number of halogens is 1. The van der Waals surface area contributed by atoms with Gasteiger partial charge in [-0.3, -0.25) is 14.4 Å². The van der Waals surface area contributed by atoms with E-state index in [2.05, 4.69) is 10.6 Å². The lowest BCUT2D eigenvalue weighted by Gasteiger charge is -2.31.